The SMILES string of the molecule is Cn1c(-c2[c-]c3c(cc2)c2ccccc2n3-c2[c-]c(-c3cc(-c4ccncc4)ccn3)ccc2)nc2ccccc21.Cn1c(-c2[c-]c3c(cc2)c2ccccc2n3-c2[c-]c(-c3ccc(-c4ccncc4)cn3)ccc2)nc2ccccc21.Cn1c(-c2[c-]c3c(cc2)c2ccccc2n3-c2[c-]c(-c3cccc(-c4ccncc4)n3)ccc2)nc2ccccc21.[Pt+2].[Pt+2].[Pt+2]. The fraction of sp³-hybridized carbons (Fsp3) is 0.0278. The van der Waals surface area contributed by atoms with Gasteiger partial charge in [0.2, 0.25) is 0 Å². The van der Waals surface area contributed by atoms with Crippen LogP contribution in [0.15, 0.2) is 365 Å². The van der Waals surface area contributed by atoms with Crippen LogP contribution >= 0.6 is 0 Å². The topological polar surface area (TPSA) is 146 Å². The van der Waals surface area contributed by atoms with Crippen molar-refractivity contribution in [2.24, 2.45) is 21.1 Å². The first-order valence-electron chi connectivity index (χ1n) is 40.6. The average molecular weight is 2160 g/mol. The van der Waals surface area contributed by atoms with Crippen LogP contribution in [0.5, 0.6) is 0 Å². The van der Waals surface area contributed by atoms with Crippen LogP contribution in [0.1, 0.15) is 0 Å². The van der Waals surface area contributed by atoms with E-state index in [0.717, 1.165) is 201 Å². The maximum Gasteiger partial charge on any atom is 2.00 e. The molecule has 126 heavy (non-hydrogen) atoms. The summed E-state index contributed by atoms with van der Waals surface area (Å²) in [5.74, 6) is 2.67. The van der Waals surface area contributed by atoms with Crippen LogP contribution in [0.2, 0.25) is 0 Å². The number of hydrogen-bond donors (Lipinski definition) is 0. The van der Waals surface area contributed by atoms with Crippen LogP contribution in [-0.4, -0.2) is 72.3 Å². The second kappa shape index (κ2) is 34.6. The Labute approximate surface area is 768 Å². The van der Waals surface area contributed by atoms with Crippen molar-refractivity contribution in [3.05, 3.63) is 401 Å². The number of imidazole rings is 3. The Bertz CT molecular complexity index is 7870. The largest absolute Gasteiger partial charge is 2.00 e. The van der Waals surface area contributed by atoms with E-state index in [4.69, 9.17) is 29.9 Å². The summed E-state index contributed by atoms with van der Waals surface area (Å²) in [6.45, 7) is 0. The molecular weight excluding hydrogens is 2090 g/mol. The molecule has 0 spiro atoms. The number of pyridine rings is 6. The van der Waals surface area contributed by atoms with Crippen LogP contribution in [-0.2, 0) is 84.3 Å². The third-order valence-corrected chi connectivity index (χ3v) is 23.0. The molecule has 0 atom stereocenters. The molecule has 0 aliphatic heterocycles. The molecule has 0 bridgehead atoms. The molecule has 0 fully saturated rings. The Kier molecular flexibility index (Phi) is 22.3. The first kappa shape index (κ1) is 81.1. The molecule has 0 amide bonds. The third kappa shape index (κ3) is 14.8. The van der Waals surface area contributed by atoms with Gasteiger partial charge < -0.3 is 37.4 Å². The van der Waals surface area contributed by atoms with Crippen molar-refractivity contribution in [2.45, 2.75) is 0 Å². The Morgan fingerprint density at radius 2 is 0.571 bits per heavy atom. The quantitative estimate of drug-likeness (QED) is 0.109. The van der Waals surface area contributed by atoms with E-state index in [-0.39, 0.29) is 63.2 Å². The van der Waals surface area contributed by atoms with Crippen molar-refractivity contribution in [3.8, 4) is 119 Å². The number of aromatic nitrogens is 15. The molecule has 0 radical (unpaired) electrons. The van der Waals surface area contributed by atoms with Crippen LogP contribution in [0.4, 0.5) is 0 Å². The van der Waals surface area contributed by atoms with Crippen molar-refractivity contribution in [1.82, 2.24) is 72.3 Å². The molecule has 0 saturated heterocycles. The Morgan fingerprint density at radius 3 is 0.976 bits per heavy atom. The maximum absolute atomic E-state index is 4.96. The molecule has 0 saturated carbocycles. The molecule has 0 aliphatic rings. The zero-order valence-electron chi connectivity index (χ0n) is 67.8. The molecule has 0 aliphatic carbocycles. The molecule has 606 valence electrons. The summed E-state index contributed by atoms with van der Waals surface area (Å²) in [5, 5.41) is 6.94. The van der Waals surface area contributed by atoms with Crippen LogP contribution in [0, 0.1) is 36.4 Å². The Morgan fingerprint density at radius 1 is 0.222 bits per heavy atom. The third-order valence-electron chi connectivity index (χ3n) is 23.0. The van der Waals surface area contributed by atoms with Gasteiger partial charge in [-0.3, -0.25) is 34.9 Å². The summed E-state index contributed by atoms with van der Waals surface area (Å²) in [5.41, 5.74) is 29.8. The zero-order valence-corrected chi connectivity index (χ0v) is 74.6. The van der Waals surface area contributed by atoms with E-state index in [1.165, 1.54) is 16.2 Å². The van der Waals surface area contributed by atoms with E-state index in [0.29, 0.717) is 0 Å². The predicted molar refractivity (Wildman–Crippen MR) is 494 cm³/mol. The Hall–Kier alpha value is -14.6. The van der Waals surface area contributed by atoms with Crippen LogP contribution in [0.3, 0.4) is 0 Å². The van der Waals surface area contributed by atoms with Gasteiger partial charge in [-0.05, 0) is 192 Å². The minimum atomic E-state index is 0. The van der Waals surface area contributed by atoms with E-state index in [9.17, 15) is 0 Å². The number of nitrogens with zero attached hydrogens (tertiary/aromatic N) is 15. The molecule has 0 N–H and O–H groups in total. The number of benzene rings is 12. The van der Waals surface area contributed by atoms with Gasteiger partial charge in [0.05, 0.1) is 56.3 Å². The predicted octanol–water partition coefficient (Wildman–Crippen LogP) is 24.2. The summed E-state index contributed by atoms with van der Waals surface area (Å²) in [4.78, 5) is 41.6. The van der Waals surface area contributed by atoms with Gasteiger partial charge in [0.25, 0.3) is 0 Å². The maximum atomic E-state index is 4.96. The van der Waals surface area contributed by atoms with E-state index >= 15 is 0 Å². The normalized spacial score (nSPS) is 11.3. The second-order valence-electron chi connectivity index (χ2n) is 30.2. The zero-order chi connectivity index (χ0) is 82.0. The minimum Gasteiger partial charge on any atom is -0.367 e. The van der Waals surface area contributed by atoms with Gasteiger partial charge in [-0.2, -0.15) is 0 Å². The number of fused-ring (bicyclic) bond motifs is 12. The summed E-state index contributed by atoms with van der Waals surface area (Å²) in [6, 6.07) is 130. The number of para-hydroxylation sites is 9. The summed E-state index contributed by atoms with van der Waals surface area (Å²) in [7, 11) is 6.17. The van der Waals surface area contributed by atoms with Crippen molar-refractivity contribution in [2.75, 3.05) is 0 Å². The summed E-state index contributed by atoms with van der Waals surface area (Å²) in [6.07, 6.45) is 14.5. The molecule has 24 rings (SSSR count). The van der Waals surface area contributed by atoms with E-state index < -0.39 is 0 Å². The first-order chi connectivity index (χ1) is 60.7. The van der Waals surface area contributed by atoms with Gasteiger partial charge in [0.15, 0.2) is 0 Å². The van der Waals surface area contributed by atoms with E-state index in [2.05, 4.69) is 294 Å². The van der Waals surface area contributed by atoms with Crippen molar-refractivity contribution >= 4 is 98.5 Å². The monoisotopic (exact) mass is 2160 g/mol. The fourth-order valence-corrected chi connectivity index (χ4v) is 17.0. The van der Waals surface area contributed by atoms with Gasteiger partial charge in [0, 0.05) is 92.8 Å². The van der Waals surface area contributed by atoms with Crippen molar-refractivity contribution in [1.29, 1.82) is 0 Å². The average Bonchev–Trinajstić information content (AvgIpc) is 1.59. The second-order valence-corrected chi connectivity index (χ2v) is 30.2. The van der Waals surface area contributed by atoms with E-state index in [1.807, 2.05) is 146 Å². The number of aryl methyl sites for hydroxylation is 3. The van der Waals surface area contributed by atoms with Gasteiger partial charge in [-0.25, -0.2) is 0 Å². The standard InChI is InChI=1S/3C36H23N5.3Pt/c1-40-34-15-5-3-11-32(34)39-36(40)26-16-17-29-28-10-2-4-14-33(28)41(35(29)23-26)27-9-6-8-25(22-27)31-13-7-12-30(38-31)24-18-20-37-21-19-24;1-40-34-12-5-3-10-32(34)39-36(40)26-13-15-30-29-9-2-4-11-33(29)41(35(30)22-26)28-8-6-7-25(21-28)31-16-14-27(23-38-31)24-17-19-37-20-18-24;1-40-34-12-5-3-10-31(34)39-36(40)27-13-14-30-29-9-2-4-11-33(29)41(35(30)23-27)28-8-6-7-26(21-28)32-22-25(17-20-38-32)24-15-18-37-19-16-24;;;/h2-21H,1H3;2-20,23H,1H3;2-20,22H,1H3;;;/q3*-2;3*+2. The van der Waals surface area contributed by atoms with Gasteiger partial charge >= 0.3 is 63.2 Å². The van der Waals surface area contributed by atoms with Gasteiger partial charge in [-0.15, -0.1) is 161 Å². The Balaban J connectivity index is 0.000000122. The number of hydrogen-bond acceptors (Lipinski definition) is 9. The molecule has 0 unspecified atom stereocenters. The molecule has 12 aromatic carbocycles. The van der Waals surface area contributed by atoms with Gasteiger partial charge in [0.1, 0.15) is 0 Å². The minimum absolute atomic E-state index is 0. The molecule has 15 nitrogen and oxygen atoms in total. The van der Waals surface area contributed by atoms with Crippen LogP contribution in [0.25, 0.3) is 217 Å². The van der Waals surface area contributed by atoms with Gasteiger partial charge in [-0.1, -0.05) is 137 Å². The molecule has 12 aromatic heterocycles. The van der Waals surface area contributed by atoms with Crippen LogP contribution < -0.4 is 0 Å². The number of rotatable bonds is 12. The molecule has 12 heterocycles. The molecular formula is C108H69N15Pt3. The van der Waals surface area contributed by atoms with Crippen molar-refractivity contribution in [3.63, 3.8) is 0 Å². The molecule has 18 heteroatoms. The smallest absolute Gasteiger partial charge is 0.367 e. The first-order valence-corrected chi connectivity index (χ1v) is 40.6. The molecule has 24 aromatic rings. The summed E-state index contributed by atoms with van der Waals surface area (Å²) >= 11 is 0. The fourth-order valence-electron chi connectivity index (χ4n) is 17.0. The van der Waals surface area contributed by atoms with Crippen molar-refractivity contribution < 1.29 is 63.2 Å². The van der Waals surface area contributed by atoms with E-state index in [1.54, 1.807) is 24.8 Å². The summed E-state index contributed by atoms with van der Waals surface area (Å²) < 4.78 is 13.1.